The van der Waals surface area contributed by atoms with Gasteiger partial charge in [-0.15, -0.1) is 0 Å². The van der Waals surface area contributed by atoms with E-state index in [1.165, 1.54) is 6.42 Å². The summed E-state index contributed by atoms with van der Waals surface area (Å²) in [6.07, 6.45) is 7.24. The first-order valence-electron chi connectivity index (χ1n) is 14.7. The van der Waals surface area contributed by atoms with Crippen LogP contribution >= 0.6 is 0 Å². The minimum atomic E-state index is -1.16. The molecule has 2 saturated heterocycles. The number of hydrogen-bond acceptors (Lipinski definition) is 7. The summed E-state index contributed by atoms with van der Waals surface area (Å²) in [5, 5.41) is 0. The Kier molecular flexibility index (Phi) is 5.10. The van der Waals surface area contributed by atoms with Crippen LogP contribution in [0.2, 0.25) is 0 Å². The summed E-state index contributed by atoms with van der Waals surface area (Å²) in [4.78, 5) is 52.4. The van der Waals surface area contributed by atoms with Gasteiger partial charge in [0.2, 0.25) is 0 Å². The molecule has 0 aromatic carbocycles. The normalized spacial score (nSPS) is 52.7. The van der Waals surface area contributed by atoms with Gasteiger partial charge in [-0.2, -0.15) is 0 Å². The molecule has 6 aliphatic carbocycles. The van der Waals surface area contributed by atoms with Gasteiger partial charge in [0, 0.05) is 5.92 Å². The summed E-state index contributed by atoms with van der Waals surface area (Å²) in [5.74, 6) is 0.260. The molecule has 0 spiro atoms. The lowest BCUT2D eigenvalue weighted by Crippen LogP contribution is -2.59. The number of carbonyl (C=O) groups excluding carboxylic acids is 4. The quantitative estimate of drug-likeness (QED) is 0.310. The number of cyclic esters (lactones) is 3. The fraction of sp³-hybridized carbons (Fsp3) is 0.867. The van der Waals surface area contributed by atoms with Crippen LogP contribution in [0.4, 0.5) is 0 Å². The molecule has 8 rings (SSSR count). The van der Waals surface area contributed by atoms with E-state index in [0.717, 1.165) is 43.9 Å². The first-order chi connectivity index (χ1) is 17.5. The van der Waals surface area contributed by atoms with E-state index < -0.39 is 34.8 Å². The Hall–Kier alpha value is -1.92. The highest BCUT2D eigenvalue weighted by Crippen LogP contribution is 2.64. The van der Waals surface area contributed by atoms with Crippen LogP contribution < -0.4 is 0 Å². The standard InChI is InChI=1S/C30H40O7/c1-13-19-10-20(22-12-35-26(32)23(19)22)21(13)11-29(3,24-14(2)25(31)36-27(24)33)28(34)37-30(4)17-6-15-5-16(8-17)9-18(30)7-15/h13-24H,5-12H2,1-4H3. The van der Waals surface area contributed by atoms with Crippen LogP contribution in [-0.2, 0) is 33.4 Å². The molecule has 6 bridgehead atoms. The third-order valence-electron chi connectivity index (χ3n) is 12.8. The van der Waals surface area contributed by atoms with Crippen molar-refractivity contribution in [2.24, 2.45) is 76.4 Å². The Morgan fingerprint density at radius 3 is 2.16 bits per heavy atom. The van der Waals surface area contributed by atoms with Crippen molar-refractivity contribution in [3.63, 3.8) is 0 Å². The molecule has 202 valence electrons. The van der Waals surface area contributed by atoms with E-state index in [4.69, 9.17) is 14.2 Å². The van der Waals surface area contributed by atoms with E-state index in [0.29, 0.717) is 24.9 Å². The monoisotopic (exact) mass is 512 g/mol. The number of rotatable bonds is 5. The smallest absolute Gasteiger partial charge is 0.318 e. The molecule has 0 radical (unpaired) electrons. The van der Waals surface area contributed by atoms with Crippen LogP contribution in [0.3, 0.4) is 0 Å². The van der Waals surface area contributed by atoms with Crippen molar-refractivity contribution in [1.82, 2.24) is 0 Å². The van der Waals surface area contributed by atoms with Crippen LogP contribution in [0.1, 0.15) is 72.6 Å². The molecule has 7 nitrogen and oxygen atoms in total. The summed E-state index contributed by atoms with van der Waals surface area (Å²) in [5.41, 5.74) is -1.68. The fourth-order valence-electron chi connectivity index (χ4n) is 11.0. The van der Waals surface area contributed by atoms with E-state index in [1.54, 1.807) is 6.92 Å². The number of carbonyl (C=O) groups is 4. The SMILES string of the molecule is CC1C(=O)OC(=O)C1C(C)(CC1C(C)C2CC1C1COC(=O)C21)C(=O)OC1(C)C2CC3CC(C2)CC1C3. The minimum Gasteiger partial charge on any atom is -0.465 e. The maximum Gasteiger partial charge on any atom is 0.318 e. The van der Waals surface area contributed by atoms with Gasteiger partial charge in [0.25, 0.3) is 0 Å². The highest BCUT2D eigenvalue weighted by Gasteiger charge is 2.66. The molecule has 7 heteroatoms. The molecule has 2 heterocycles. The molecule has 37 heavy (non-hydrogen) atoms. The summed E-state index contributed by atoms with van der Waals surface area (Å²) in [6, 6.07) is 0. The van der Waals surface area contributed by atoms with Crippen LogP contribution in [0.25, 0.3) is 0 Å². The molecule has 8 aliphatic rings. The fourth-order valence-corrected chi connectivity index (χ4v) is 11.0. The van der Waals surface area contributed by atoms with Crippen LogP contribution in [0.15, 0.2) is 0 Å². The number of esters is 4. The van der Waals surface area contributed by atoms with Gasteiger partial charge in [0.05, 0.1) is 29.8 Å². The Morgan fingerprint density at radius 1 is 0.919 bits per heavy atom. The van der Waals surface area contributed by atoms with E-state index in [-0.39, 0.29) is 47.4 Å². The third kappa shape index (κ3) is 3.18. The van der Waals surface area contributed by atoms with E-state index >= 15 is 0 Å². The molecule has 8 fully saturated rings. The summed E-state index contributed by atoms with van der Waals surface area (Å²) in [6.45, 7) is 8.33. The van der Waals surface area contributed by atoms with Crippen LogP contribution in [-0.4, -0.2) is 36.1 Å². The molecule has 0 N–H and O–H groups in total. The Balaban J connectivity index is 1.20. The summed E-state index contributed by atoms with van der Waals surface area (Å²) in [7, 11) is 0. The Bertz CT molecular complexity index is 1040. The largest absolute Gasteiger partial charge is 0.465 e. The lowest BCUT2D eigenvalue weighted by molar-refractivity contribution is -0.216. The highest BCUT2D eigenvalue weighted by atomic mass is 16.6. The molecule has 0 aromatic rings. The first kappa shape index (κ1) is 24.1. The zero-order valence-corrected chi connectivity index (χ0v) is 22.4. The molecule has 9 unspecified atom stereocenters. The second-order valence-corrected chi connectivity index (χ2v) is 14.4. The van der Waals surface area contributed by atoms with Crippen molar-refractivity contribution in [2.45, 2.75) is 78.2 Å². The van der Waals surface area contributed by atoms with Crippen molar-refractivity contribution >= 4 is 23.9 Å². The van der Waals surface area contributed by atoms with E-state index in [2.05, 4.69) is 13.8 Å². The van der Waals surface area contributed by atoms with Gasteiger partial charge in [-0.25, -0.2) is 0 Å². The first-order valence-corrected chi connectivity index (χ1v) is 14.7. The zero-order valence-electron chi connectivity index (χ0n) is 22.4. The van der Waals surface area contributed by atoms with Gasteiger partial charge in [-0.3, -0.25) is 19.2 Å². The Labute approximate surface area is 218 Å². The molecule has 6 saturated carbocycles. The minimum absolute atomic E-state index is 0.0293. The van der Waals surface area contributed by atoms with E-state index in [9.17, 15) is 19.2 Å². The van der Waals surface area contributed by atoms with Crippen LogP contribution in [0, 0.1) is 76.4 Å². The van der Waals surface area contributed by atoms with Crippen molar-refractivity contribution < 1.29 is 33.4 Å². The summed E-state index contributed by atoms with van der Waals surface area (Å²) < 4.78 is 17.1. The number of ether oxygens (including phenoxy) is 3. The summed E-state index contributed by atoms with van der Waals surface area (Å²) >= 11 is 0. The molecular weight excluding hydrogens is 472 g/mol. The molecule has 0 amide bonds. The average molecular weight is 513 g/mol. The molecule has 0 aromatic heterocycles. The van der Waals surface area contributed by atoms with Crippen LogP contribution in [0.5, 0.6) is 0 Å². The van der Waals surface area contributed by atoms with Gasteiger partial charge in [-0.1, -0.05) is 13.8 Å². The van der Waals surface area contributed by atoms with Gasteiger partial charge in [-0.05, 0) is 106 Å². The molecular formula is C30H40O7. The van der Waals surface area contributed by atoms with Gasteiger partial charge in [0.15, 0.2) is 0 Å². The van der Waals surface area contributed by atoms with Gasteiger partial charge >= 0.3 is 23.9 Å². The van der Waals surface area contributed by atoms with Crippen molar-refractivity contribution in [2.75, 3.05) is 6.61 Å². The maximum atomic E-state index is 14.4. The molecule has 9 atom stereocenters. The van der Waals surface area contributed by atoms with Gasteiger partial charge < -0.3 is 14.2 Å². The lowest BCUT2D eigenvalue weighted by Gasteiger charge is -2.59. The predicted octanol–water partition coefficient (Wildman–Crippen LogP) is 4.17. The molecule has 2 aliphatic heterocycles. The third-order valence-corrected chi connectivity index (χ3v) is 12.8. The second-order valence-electron chi connectivity index (χ2n) is 14.4. The second kappa shape index (κ2) is 7.81. The lowest BCUT2D eigenvalue weighted by atomic mass is 9.50. The predicted molar refractivity (Wildman–Crippen MR) is 130 cm³/mol. The number of fused-ring (bicyclic) bond motifs is 5. The highest BCUT2D eigenvalue weighted by molar-refractivity contribution is 5.99. The van der Waals surface area contributed by atoms with Gasteiger partial charge in [0.1, 0.15) is 5.60 Å². The Morgan fingerprint density at radius 2 is 1.57 bits per heavy atom. The number of hydrogen-bond donors (Lipinski definition) is 0. The van der Waals surface area contributed by atoms with Crippen molar-refractivity contribution in [3.8, 4) is 0 Å². The average Bonchev–Trinajstić information content (AvgIpc) is 3.55. The maximum absolute atomic E-state index is 14.4. The topological polar surface area (TPSA) is 96.0 Å². The van der Waals surface area contributed by atoms with Crippen molar-refractivity contribution in [1.29, 1.82) is 0 Å². The van der Waals surface area contributed by atoms with Crippen molar-refractivity contribution in [3.05, 3.63) is 0 Å². The van der Waals surface area contributed by atoms with E-state index in [1.807, 2.05) is 6.92 Å². The zero-order chi connectivity index (χ0) is 26.0.